The third-order valence-electron chi connectivity index (χ3n) is 4.66. The van der Waals surface area contributed by atoms with Crippen LogP contribution in [0.15, 0.2) is 70.3 Å². The maximum absolute atomic E-state index is 12.5. The minimum Gasteiger partial charge on any atom is -0.378 e. The number of hydrogen-bond acceptors (Lipinski definition) is 6. The Morgan fingerprint density at radius 3 is 2.23 bits per heavy atom. The molecule has 4 rings (SSSR count). The fraction of sp³-hybridized carbons (Fsp3) is 0.190. The molecule has 30 heavy (non-hydrogen) atoms. The van der Waals surface area contributed by atoms with Gasteiger partial charge in [-0.1, -0.05) is 6.07 Å². The molecule has 2 N–H and O–H groups in total. The molecule has 0 aliphatic carbocycles. The van der Waals surface area contributed by atoms with Gasteiger partial charge in [-0.25, -0.2) is 8.42 Å². The fourth-order valence-electron chi connectivity index (χ4n) is 3.09. The Morgan fingerprint density at radius 1 is 0.933 bits per heavy atom. The van der Waals surface area contributed by atoms with E-state index in [2.05, 4.69) is 14.9 Å². The molecule has 1 aliphatic heterocycles. The Hall–Kier alpha value is -2.88. The molecule has 1 amide bonds. The van der Waals surface area contributed by atoms with E-state index < -0.39 is 10.0 Å². The Balaban J connectivity index is 1.38. The first-order valence-corrected chi connectivity index (χ1v) is 11.8. The third-order valence-corrected chi connectivity index (χ3v) is 7.44. The van der Waals surface area contributed by atoms with Crippen molar-refractivity contribution >= 4 is 44.3 Å². The van der Waals surface area contributed by atoms with Crippen molar-refractivity contribution in [2.45, 2.75) is 4.21 Å². The summed E-state index contributed by atoms with van der Waals surface area (Å²) in [5.74, 6) is -0.262. The van der Waals surface area contributed by atoms with E-state index in [1.54, 1.807) is 41.8 Å². The molecule has 1 fully saturated rings. The molecule has 0 unspecified atom stereocenters. The predicted octanol–water partition coefficient (Wildman–Crippen LogP) is 3.64. The quantitative estimate of drug-likeness (QED) is 0.607. The second-order valence-electron chi connectivity index (χ2n) is 6.72. The lowest BCUT2D eigenvalue weighted by atomic mass is 10.2. The molecule has 3 aromatic rings. The van der Waals surface area contributed by atoms with Crippen molar-refractivity contribution in [2.75, 3.05) is 41.2 Å². The number of nitrogens with one attached hydrogen (secondary N) is 2. The summed E-state index contributed by atoms with van der Waals surface area (Å²) in [6.45, 7) is 3.15. The first-order valence-electron chi connectivity index (χ1n) is 9.42. The van der Waals surface area contributed by atoms with Gasteiger partial charge in [-0.15, -0.1) is 11.3 Å². The highest BCUT2D eigenvalue weighted by Gasteiger charge is 2.16. The van der Waals surface area contributed by atoms with Gasteiger partial charge in [-0.2, -0.15) is 0 Å². The summed E-state index contributed by atoms with van der Waals surface area (Å²) >= 11 is 1.14. The van der Waals surface area contributed by atoms with Gasteiger partial charge in [0.15, 0.2) is 0 Å². The van der Waals surface area contributed by atoms with Gasteiger partial charge in [0.2, 0.25) is 0 Å². The van der Waals surface area contributed by atoms with Gasteiger partial charge in [0, 0.05) is 35.7 Å². The van der Waals surface area contributed by atoms with E-state index in [1.807, 2.05) is 24.3 Å². The number of carbonyl (C=O) groups excluding carboxylic acids is 1. The summed E-state index contributed by atoms with van der Waals surface area (Å²) in [7, 11) is -3.61. The Kier molecular flexibility index (Phi) is 6.03. The molecule has 2 heterocycles. The number of sulfonamides is 1. The molecule has 0 bridgehead atoms. The van der Waals surface area contributed by atoms with Crippen LogP contribution in [-0.2, 0) is 14.8 Å². The summed E-state index contributed by atoms with van der Waals surface area (Å²) in [5, 5.41) is 4.56. The van der Waals surface area contributed by atoms with E-state index in [4.69, 9.17) is 4.74 Å². The molecule has 156 valence electrons. The maximum Gasteiger partial charge on any atom is 0.271 e. The van der Waals surface area contributed by atoms with Crippen molar-refractivity contribution < 1.29 is 17.9 Å². The first kappa shape index (κ1) is 20.4. The molecule has 2 aromatic carbocycles. The zero-order valence-electron chi connectivity index (χ0n) is 16.1. The SMILES string of the molecule is O=C(Nc1ccc(N2CCOCC2)cc1)c1ccc(NS(=O)(=O)c2cccs2)cc1. The van der Waals surface area contributed by atoms with Crippen LogP contribution < -0.4 is 14.9 Å². The van der Waals surface area contributed by atoms with E-state index in [-0.39, 0.29) is 10.1 Å². The van der Waals surface area contributed by atoms with Crippen LogP contribution in [0.5, 0.6) is 0 Å². The molecule has 0 saturated carbocycles. The minimum absolute atomic E-state index is 0.241. The molecule has 0 spiro atoms. The van der Waals surface area contributed by atoms with E-state index >= 15 is 0 Å². The summed E-state index contributed by atoms with van der Waals surface area (Å²) in [5.41, 5.74) is 2.62. The van der Waals surface area contributed by atoms with Crippen molar-refractivity contribution in [1.29, 1.82) is 0 Å². The summed E-state index contributed by atoms with van der Waals surface area (Å²) in [6, 6.07) is 17.2. The first-order chi connectivity index (χ1) is 14.5. The van der Waals surface area contributed by atoms with Gasteiger partial charge in [0.25, 0.3) is 15.9 Å². The fourth-order valence-corrected chi connectivity index (χ4v) is 5.14. The lowest BCUT2D eigenvalue weighted by molar-refractivity contribution is 0.102. The Labute approximate surface area is 179 Å². The summed E-state index contributed by atoms with van der Waals surface area (Å²) in [4.78, 5) is 14.8. The molecule has 7 nitrogen and oxygen atoms in total. The zero-order chi connectivity index (χ0) is 21.0. The smallest absolute Gasteiger partial charge is 0.271 e. The lowest BCUT2D eigenvalue weighted by Crippen LogP contribution is -2.36. The second-order valence-corrected chi connectivity index (χ2v) is 9.57. The largest absolute Gasteiger partial charge is 0.378 e. The van der Waals surface area contributed by atoms with Crippen molar-refractivity contribution in [3.05, 3.63) is 71.6 Å². The highest BCUT2D eigenvalue weighted by Crippen LogP contribution is 2.22. The van der Waals surface area contributed by atoms with Gasteiger partial charge in [-0.3, -0.25) is 9.52 Å². The van der Waals surface area contributed by atoms with Crippen molar-refractivity contribution in [3.63, 3.8) is 0 Å². The van der Waals surface area contributed by atoms with E-state index in [1.165, 1.54) is 0 Å². The summed E-state index contributed by atoms with van der Waals surface area (Å²) in [6.07, 6.45) is 0. The van der Waals surface area contributed by atoms with Crippen LogP contribution in [0, 0.1) is 0 Å². The predicted molar refractivity (Wildman–Crippen MR) is 119 cm³/mol. The highest BCUT2D eigenvalue weighted by atomic mass is 32.2. The molecule has 1 aliphatic rings. The normalized spacial score (nSPS) is 14.3. The molecule has 0 atom stereocenters. The maximum atomic E-state index is 12.5. The average Bonchev–Trinajstić information content (AvgIpc) is 3.31. The van der Waals surface area contributed by atoms with Gasteiger partial charge in [-0.05, 0) is 60.0 Å². The third kappa shape index (κ3) is 4.81. The van der Waals surface area contributed by atoms with Crippen LogP contribution in [0.4, 0.5) is 17.1 Å². The lowest BCUT2D eigenvalue weighted by Gasteiger charge is -2.28. The number of amides is 1. The molecule has 0 radical (unpaired) electrons. The van der Waals surface area contributed by atoms with Crippen LogP contribution in [0.3, 0.4) is 0 Å². The van der Waals surface area contributed by atoms with Crippen LogP contribution in [0.2, 0.25) is 0 Å². The van der Waals surface area contributed by atoms with Gasteiger partial charge in [0.1, 0.15) is 4.21 Å². The van der Waals surface area contributed by atoms with E-state index in [0.29, 0.717) is 16.9 Å². The Bertz CT molecular complexity index is 1090. The number of nitrogens with zero attached hydrogens (tertiary/aromatic N) is 1. The van der Waals surface area contributed by atoms with E-state index in [9.17, 15) is 13.2 Å². The molecule has 1 saturated heterocycles. The number of carbonyl (C=O) groups is 1. The number of hydrogen-bond donors (Lipinski definition) is 2. The molecule has 9 heteroatoms. The number of ether oxygens (including phenoxy) is 1. The van der Waals surface area contributed by atoms with Gasteiger partial charge >= 0.3 is 0 Å². The molecular weight excluding hydrogens is 422 g/mol. The van der Waals surface area contributed by atoms with Crippen LogP contribution >= 0.6 is 11.3 Å². The molecule has 1 aromatic heterocycles. The number of benzene rings is 2. The average molecular weight is 444 g/mol. The number of thiophene rings is 1. The zero-order valence-corrected chi connectivity index (χ0v) is 17.7. The second kappa shape index (κ2) is 8.86. The van der Waals surface area contributed by atoms with Crippen LogP contribution in [-0.4, -0.2) is 40.6 Å². The number of anilines is 3. The Morgan fingerprint density at radius 2 is 1.60 bits per heavy atom. The standard InChI is InChI=1S/C21H21N3O4S2/c25-21(22-17-7-9-19(10-8-17)24-11-13-28-14-12-24)16-3-5-18(6-4-16)23-30(26,27)20-2-1-15-29-20/h1-10,15,23H,11-14H2,(H,22,25). The summed E-state index contributed by atoms with van der Waals surface area (Å²) < 4.78 is 32.7. The number of morpholine rings is 1. The highest BCUT2D eigenvalue weighted by molar-refractivity contribution is 7.94. The van der Waals surface area contributed by atoms with Gasteiger partial charge < -0.3 is 15.0 Å². The number of rotatable bonds is 6. The minimum atomic E-state index is -3.61. The van der Waals surface area contributed by atoms with Crippen molar-refractivity contribution in [3.8, 4) is 0 Å². The van der Waals surface area contributed by atoms with Crippen LogP contribution in [0.1, 0.15) is 10.4 Å². The monoisotopic (exact) mass is 443 g/mol. The van der Waals surface area contributed by atoms with Crippen molar-refractivity contribution in [1.82, 2.24) is 0 Å². The molecular formula is C21H21N3O4S2. The van der Waals surface area contributed by atoms with Crippen LogP contribution in [0.25, 0.3) is 0 Å². The topological polar surface area (TPSA) is 87.7 Å². The van der Waals surface area contributed by atoms with Gasteiger partial charge in [0.05, 0.1) is 13.2 Å². The van der Waals surface area contributed by atoms with E-state index in [0.717, 1.165) is 43.3 Å². The van der Waals surface area contributed by atoms with Crippen molar-refractivity contribution in [2.24, 2.45) is 0 Å².